The van der Waals surface area contributed by atoms with Crippen molar-refractivity contribution in [2.75, 3.05) is 5.32 Å². The van der Waals surface area contributed by atoms with Crippen molar-refractivity contribution in [3.05, 3.63) is 24.3 Å². The molecule has 110 valence electrons. The highest BCUT2D eigenvalue weighted by molar-refractivity contribution is 5.94. The minimum Gasteiger partial charge on any atom is -0.325 e. The van der Waals surface area contributed by atoms with Crippen molar-refractivity contribution in [3.63, 3.8) is 0 Å². The second-order valence-electron chi connectivity index (χ2n) is 5.26. The van der Waals surface area contributed by atoms with E-state index in [1.165, 1.54) is 0 Å². The van der Waals surface area contributed by atoms with Crippen molar-refractivity contribution in [1.82, 2.24) is 20.2 Å². The summed E-state index contributed by atoms with van der Waals surface area (Å²) in [6.45, 7) is 1.88. The molecular formula is C14H18N6O. The summed E-state index contributed by atoms with van der Waals surface area (Å²) < 4.78 is 1.86. The first-order valence-corrected chi connectivity index (χ1v) is 7.13. The molecule has 7 nitrogen and oxygen atoms in total. The van der Waals surface area contributed by atoms with Crippen LogP contribution in [0.15, 0.2) is 24.3 Å². The Morgan fingerprint density at radius 2 is 2.14 bits per heavy atom. The molecule has 0 saturated heterocycles. The summed E-state index contributed by atoms with van der Waals surface area (Å²) in [5.41, 5.74) is 7.34. The molecule has 1 saturated carbocycles. The molecule has 1 aliphatic carbocycles. The van der Waals surface area contributed by atoms with Crippen LogP contribution < -0.4 is 11.1 Å². The number of nitrogens with one attached hydrogen (secondary N) is 1. The first-order valence-electron chi connectivity index (χ1n) is 7.13. The van der Waals surface area contributed by atoms with Gasteiger partial charge in [-0.3, -0.25) is 4.79 Å². The molecule has 2 aromatic rings. The molecule has 0 unspecified atom stereocenters. The number of nitrogens with two attached hydrogens (primary N) is 1. The van der Waals surface area contributed by atoms with Crippen LogP contribution in [0.25, 0.3) is 11.4 Å². The van der Waals surface area contributed by atoms with Gasteiger partial charge in [-0.25, -0.2) is 4.68 Å². The molecular weight excluding hydrogens is 268 g/mol. The number of benzene rings is 1. The van der Waals surface area contributed by atoms with E-state index in [-0.39, 0.29) is 5.91 Å². The first kappa shape index (κ1) is 13.7. The van der Waals surface area contributed by atoms with Crippen molar-refractivity contribution < 1.29 is 4.79 Å². The molecule has 0 radical (unpaired) electrons. The SMILES string of the molecule is CC[C@H](N)C(=O)Nc1ccc(-c2nnnn2C2CC2)cc1. The number of carbonyl (C=O) groups is 1. The molecule has 1 amide bonds. The van der Waals surface area contributed by atoms with E-state index in [4.69, 9.17) is 5.73 Å². The molecule has 1 atom stereocenters. The molecule has 1 fully saturated rings. The molecule has 0 spiro atoms. The first-order chi connectivity index (χ1) is 10.2. The van der Waals surface area contributed by atoms with Crippen LogP contribution >= 0.6 is 0 Å². The zero-order valence-electron chi connectivity index (χ0n) is 11.9. The van der Waals surface area contributed by atoms with Gasteiger partial charge in [0.25, 0.3) is 0 Å². The molecule has 1 aliphatic rings. The predicted molar refractivity (Wildman–Crippen MR) is 78.4 cm³/mol. The Kier molecular flexibility index (Phi) is 3.66. The second kappa shape index (κ2) is 5.61. The Morgan fingerprint density at radius 3 is 2.76 bits per heavy atom. The number of amides is 1. The van der Waals surface area contributed by atoms with Gasteiger partial charge in [-0.2, -0.15) is 0 Å². The van der Waals surface area contributed by atoms with Crippen LogP contribution in [-0.2, 0) is 4.79 Å². The summed E-state index contributed by atoms with van der Waals surface area (Å²) in [5.74, 6) is 0.591. The minimum absolute atomic E-state index is 0.173. The highest BCUT2D eigenvalue weighted by Gasteiger charge is 2.28. The third-order valence-electron chi connectivity index (χ3n) is 3.57. The van der Waals surface area contributed by atoms with E-state index in [1.54, 1.807) is 0 Å². The quantitative estimate of drug-likeness (QED) is 0.864. The van der Waals surface area contributed by atoms with Crippen molar-refractivity contribution in [2.45, 2.75) is 38.3 Å². The number of tetrazole rings is 1. The third kappa shape index (κ3) is 2.92. The summed E-state index contributed by atoms with van der Waals surface area (Å²) in [6.07, 6.45) is 2.86. The van der Waals surface area contributed by atoms with Crippen molar-refractivity contribution >= 4 is 11.6 Å². The number of hydrogen-bond acceptors (Lipinski definition) is 5. The van der Waals surface area contributed by atoms with Crippen LogP contribution in [0.3, 0.4) is 0 Å². The Hall–Kier alpha value is -2.28. The number of hydrogen-bond donors (Lipinski definition) is 2. The maximum Gasteiger partial charge on any atom is 0.241 e. The fraction of sp³-hybridized carbons (Fsp3) is 0.429. The van der Waals surface area contributed by atoms with Crippen LogP contribution in [0.1, 0.15) is 32.2 Å². The Morgan fingerprint density at radius 1 is 1.43 bits per heavy atom. The lowest BCUT2D eigenvalue weighted by Crippen LogP contribution is -2.34. The van der Waals surface area contributed by atoms with E-state index in [9.17, 15) is 4.79 Å². The number of aromatic nitrogens is 4. The van der Waals surface area contributed by atoms with Gasteiger partial charge in [0.2, 0.25) is 5.91 Å². The van der Waals surface area contributed by atoms with Gasteiger partial charge in [-0.15, -0.1) is 5.10 Å². The largest absolute Gasteiger partial charge is 0.325 e. The van der Waals surface area contributed by atoms with Crippen LogP contribution in [0.5, 0.6) is 0 Å². The van der Waals surface area contributed by atoms with Crippen LogP contribution in [0, 0.1) is 0 Å². The Labute approximate surface area is 122 Å². The summed E-state index contributed by atoms with van der Waals surface area (Å²) >= 11 is 0. The molecule has 3 N–H and O–H groups in total. The van der Waals surface area contributed by atoms with Crippen LogP contribution in [-0.4, -0.2) is 32.2 Å². The van der Waals surface area contributed by atoms with E-state index < -0.39 is 6.04 Å². The molecule has 3 rings (SSSR count). The number of carbonyl (C=O) groups excluding carboxylic acids is 1. The summed E-state index contributed by atoms with van der Waals surface area (Å²) in [6, 6.07) is 7.42. The van der Waals surface area contributed by atoms with Gasteiger partial charge in [-0.05, 0) is 54.0 Å². The van der Waals surface area contributed by atoms with Crippen LogP contribution in [0.2, 0.25) is 0 Å². The van der Waals surface area contributed by atoms with Gasteiger partial charge in [0.05, 0.1) is 12.1 Å². The van der Waals surface area contributed by atoms with E-state index in [0.29, 0.717) is 12.5 Å². The Balaban J connectivity index is 1.75. The molecule has 21 heavy (non-hydrogen) atoms. The molecule has 0 bridgehead atoms. The highest BCUT2D eigenvalue weighted by Crippen LogP contribution is 2.36. The number of rotatable bonds is 5. The van der Waals surface area contributed by atoms with Gasteiger partial charge in [0.15, 0.2) is 5.82 Å². The number of anilines is 1. The van der Waals surface area contributed by atoms with Gasteiger partial charge >= 0.3 is 0 Å². The van der Waals surface area contributed by atoms with Crippen LogP contribution in [0.4, 0.5) is 5.69 Å². The van der Waals surface area contributed by atoms with Gasteiger partial charge in [-0.1, -0.05) is 6.92 Å². The highest BCUT2D eigenvalue weighted by atomic mass is 16.2. The normalized spacial score (nSPS) is 15.7. The lowest BCUT2D eigenvalue weighted by Gasteiger charge is -2.10. The molecule has 0 aliphatic heterocycles. The Bertz CT molecular complexity index is 631. The van der Waals surface area contributed by atoms with Gasteiger partial charge in [0, 0.05) is 11.3 Å². The maximum absolute atomic E-state index is 11.7. The molecule has 1 heterocycles. The van der Waals surface area contributed by atoms with E-state index >= 15 is 0 Å². The molecule has 1 aromatic heterocycles. The topological polar surface area (TPSA) is 98.7 Å². The van der Waals surface area contributed by atoms with Crippen molar-refractivity contribution in [3.8, 4) is 11.4 Å². The van der Waals surface area contributed by atoms with E-state index in [2.05, 4.69) is 20.8 Å². The average Bonchev–Trinajstić information content (AvgIpc) is 3.24. The minimum atomic E-state index is -0.480. The summed E-state index contributed by atoms with van der Waals surface area (Å²) in [4.78, 5) is 11.7. The lowest BCUT2D eigenvalue weighted by atomic mass is 10.1. The third-order valence-corrected chi connectivity index (χ3v) is 3.57. The second-order valence-corrected chi connectivity index (χ2v) is 5.26. The zero-order chi connectivity index (χ0) is 14.8. The average molecular weight is 286 g/mol. The lowest BCUT2D eigenvalue weighted by molar-refractivity contribution is -0.117. The molecule has 1 aromatic carbocycles. The smallest absolute Gasteiger partial charge is 0.241 e. The molecule has 7 heteroatoms. The monoisotopic (exact) mass is 286 g/mol. The predicted octanol–water partition coefficient (Wildman–Crippen LogP) is 1.35. The van der Waals surface area contributed by atoms with Gasteiger partial charge in [0.1, 0.15) is 0 Å². The summed E-state index contributed by atoms with van der Waals surface area (Å²) in [7, 11) is 0. The van der Waals surface area contributed by atoms with E-state index in [1.807, 2.05) is 35.9 Å². The fourth-order valence-corrected chi connectivity index (χ4v) is 2.07. The van der Waals surface area contributed by atoms with Crippen molar-refractivity contribution in [1.29, 1.82) is 0 Å². The van der Waals surface area contributed by atoms with Gasteiger partial charge < -0.3 is 11.1 Å². The van der Waals surface area contributed by atoms with E-state index in [0.717, 1.165) is 29.9 Å². The standard InChI is InChI=1S/C14H18N6O/c1-2-12(15)14(21)16-10-5-3-9(4-6-10)13-17-18-19-20(13)11-7-8-11/h3-6,11-12H,2,7-8,15H2,1H3,(H,16,21)/t12-/m0/s1. The summed E-state index contributed by atoms with van der Waals surface area (Å²) in [5, 5.41) is 14.6. The fourth-order valence-electron chi connectivity index (χ4n) is 2.07. The number of nitrogens with zero attached hydrogens (tertiary/aromatic N) is 4. The van der Waals surface area contributed by atoms with Crippen molar-refractivity contribution in [2.24, 2.45) is 5.73 Å². The maximum atomic E-state index is 11.7. The zero-order valence-corrected chi connectivity index (χ0v) is 11.9.